The average molecular weight is 462 g/mol. The van der Waals surface area contributed by atoms with Crippen LogP contribution in [0.2, 0.25) is 5.02 Å². The molecule has 1 spiro atoms. The van der Waals surface area contributed by atoms with Gasteiger partial charge in [0.2, 0.25) is 5.90 Å². The summed E-state index contributed by atoms with van der Waals surface area (Å²) in [6, 6.07) is 10.3. The number of halogens is 1. The molecule has 3 aromatic rings. The van der Waals surface area contributed by atoms with Gasteiger partial charge in [0.25, 0.3) is 0 Å². The van der Waals surface area contributed by atoms with Gasteiger partial charge in [-0.3, -0.25) is 0 Å². The second-order valence-corrected chi connectivity index (χ2v) is 9.34. The maximum absolute atomic E-state index is 6.72. The van der Waals surface area contributed by atoms with E-state index in [4.69, 9.17) is 32.8 Å². The summed E-state index contributed by atoms with van der Waals surface area (Å²) in [5, 5.41) is 0.257. The van der Waals surface area contributed by atoms with Crippen molar-refractivity contribution in [2.45, 2.75) is 31.8 Å². The van der Waals surface area contributed by atoms with Crippen LogP contribution in [-0.2, 0) is 13.0 Å². The lowest BCUT2D eigenvalue weighted by atomic mass is 9.73. The highest BCUT2D eigenvalue weighted by Gasteiger charge is 2.46. The maximum Gasteiger partial charge on any atom is 0.243 e. The number of rotatable bonds is 2. The molecule has 8 nitrogen and oxygen atoms in total. The highest BCUT2D eigenvalue weighted by atomic mass is 35.5. The van der Waals surface area contributed by atoms with Gasteiger partial charge in [0, 0.05) is 31.4 Å². The van der Waals surface area contributed by atoms with E-state index < -0.39 is 0 Å². The van der Waals surface area contributed by atoms with Gasteiger partial charge in [0.1, 0.15) is 22.4 Å². The van der Waals surface area contributed by atoms with Gasteiger partial charge < -0.3 is 21.1 Å². The molecule has 2 aliphatic heterocycles. The molecular weight excluding hydrogens is 438 g/mol. The summed E-state index contributed by atoms with van der Waals surface area (Å²) < 4.78 is 5.87. The second kappa shape index (κ2) is 7.67. The van der Waals surface area contributed by atoms with Gasteiger partial charge in [-0.25, -0.2) is 19.9 Å². The molecule has 9 heteroatoms. The molecule has 4 heterocycles. The molecular formula is C24H24ClN7O. The number of benzene rings is 1. The van der Waals surface area contributed by atoms with Crippen LogP contribution in [0.5, 0.6) is 5.75 Å². The lowest BCUT2D eigenvalue weighted by Crippen LogP contribution is -2.44. The van der Waals surface area contributed by atoms with Crippen molar-refractivity contribution in [3.8, 4) is 5.75 Å². The van der Waals surface area contributed by atoms with Crippen molar-refractivity contribution in [2.75, 3.05) is 23.7 Å². The molecule has 1 fully saturated rings. The fraction of sp³-hybridized carbons (Fsp3) is 0.333. The van der Waals surface area contributed by atoms with E-state index in [0.717, 1.165) is 43.9 Å². The minimum atomic E-state index is 0.101. The first-order chi connectivity index (χ1) is 16.0. The van der Waals surface area contributed by atoms with E-state index in [2.05, 4.69) is 44.1 Å². The smallest absolute Gasteiger partial charge is 0.243 e. The van der Waals surface area contributed by atoms with Crippen molar-refractivity contribution in [1.29, 1.82) is 0 Å². The first kappa shape index (κ1) is 20.4. The Balaban J connectivity index is 1.16. The number of fused-ring (bicyclic) bond motifs is 2. The van der Waals surface area contributed by atoms with Gasteiger partial charge in [0.15, 0.2) is 5.75 Å². The summed E-state index contributed by atoms with van der Waals surface area (Å²) in [7, 11) is 0. The fourth-order valence-electron chi connectivity index (χ4n) is 5.27. The molecule has 0 bridgehead atoms. The molecule has 1 saturated heterocycles. The van der Waals surface area contributed by atoms with Crippen LogP contribution in [0.3, 0.4) is 0 Å². The van der Waals surface area contributed by atoms with E-state index in [1.165, 1.54) is 11.1 Å². The number of aromatic nitrogens is 3. The van der Waals surface area contributed by atoms with Crippen molar-refractivity contribution in [3.05, 3.63) is 70.3 Å². The van der Waals surface area contributed by atoms with E-state index >= 15 is 0 Å². The van der Waals surface area contributed by atoms with Crippen LogP contribution in [0.1, 0.15) is 41.4 Å². The molecule has 4 N–H and O–H groups in total. The van der Waals surface area contributed by atoms with Gasteiger partial charge in [-0.05, 0) is 35.8 Å². The van der Waals surface area contributed by atoms with Crippen molar-refractivity contribution >= 4 is 29.1 Å². The Kier molecular flexibility index (Phi) is 4.74. The molecule has 3 aliphatic rings. The first-order valence-corrected chi connectivity index (χ1v) is 11.5. The Hall–Kier alpha value is -3.23. The third-order valence-corrected chi connectivity index (χ3v) is 7.55. The summed E-state index contributed by atoms with van der Waals surface area (Å²) in [6.07, 6.45) is 6.47. The van der Waals surface area contributed by atoms with Crippen LogP contribution in [0.25, 0.3) is 0 Å². The minimum Gasteiger partial charge on any atom is -0.435 e. The SMILES string of the molecule is Nc1nccc(OC2=NCc3nc(N4CCC5(CC4)Cc4ccccc4C5N)cnc32)c1Cl. The Morgan fingerprint density at radius 3 is 2.76 bits per heavy atom. The average Bonchev–Trinajstić information content (AvgIpc) is 3.36. The van der Waals surface area contributed by atoms with E-state index in [-0.39, 0.29) is 22.3 Å². The molecule has 1 aliphatic carbocycles. The van der Waals surface area contributed by atoms with Gasteiger partial charge >= 0.3 is 0 Å². The lowest BCUT2D eigenvalue weighted by molar-refractivity contribution is 0.187. The molecule has 0 amide bonds. The van der Waals surface area contributed by atoms with Gasteiger partial charge in [-0.2, -0.15) is 0 Å². The Bertz CT molecular complexity index is 1270. The van der Waals surface area contributed by atoms with Crippen LogP contribution in [0, 0.1) is 5.41 Å². The van der Waals surface area contributed by atoms with Crippen LogP contribution < -0.4 is 21.1 Å². The zero-order chi connectivity index (χ0) is 22.6. The summed E-state index contributed by atoms with van der Waals surface area (Å²) in [4.78, 5) is 20.2. The van der Waals surface area contributed by atoms with Crippen LogP contribution in [0.4, 0.5) is 11.6 Å². The van der Waals surface area contributed by atoms with Gasteiger partial charge in [0.05, 0.1) is 18.4 Å². The molecule has 1 atom stereocenters. The molecule has 6 rings (SSSR count). The highest BCUT2D eigenvalue weighted by molar-refractivity contribution is 6.34. The molecule has 1 aromatic carbocycles. The third-order valence-electron chi connectivity index (χ3n) is 7.17. The Labute approximate surface area is 196 Å². The summed E-state index contributed by atoms with van der Waals surface area (Å²) in [6.45, 7) is 2.23. The number of pyridine rings is 1. The van der Waals surface area contributed by atoms with E-state index in [1.54, 1.807) is 18.5 Å². The number of ether oxygens (including phenoxy) is 1. The standard InChI is InChI=1S/C24H24ClN7O/c25-19-17(5-8-28-22(19)27)33-23-20-16(12-30-23)31-18(13-29-20)32-9-6-24(7-10-32)11-14-3-1-2-4-15(14)21(24)26/h1-5,8,13,21H,6-7,9-12,26H2,(H2,27,28). The van der Waals surface area contributed by atoms with E-state index in [1.807, 2.05) is 0 Å². The normalized spacial score (nSPS) is 20.5. The quantitative estimate of drug-likeness (QED) is 0.601. The third kappa shape index (κ3) is 3.32. The minimum absolute atomic E-state index is 0.101. The molecule has 168 valence electrons. The lowest BCUT2D eigenvalue weighted by Gasteiger charge is -2.42. The summed E-state index contributed by atoms with van der Waals surface area (Å²) in [5.41, 5.74) is 16.8. The zero-order valence-electron chi connectivity index (χ0n) is 18.0. The van der Waals surface area contributed by atoms with Gasteiger partial charge in [-0.1, -0.05) is 35.9 Å². The zero-order valence-corrected chi connectivity index (χ0v) is 18.8. The largest absolute Gasteiger partial charge is 0.435 e. The molecule has 33 heavy (non-hydrogen) atoms. The van der Waals surface area contributed by atoms with Crippen LogP contribution in [-0.4, -0.2) is 33.9 Å². The van der Waals surface area contributed by atoms with E-state index in [0.29, 0.717) is 23.9 Å². The van der Waals surface area contributed by atoms with Gasteiger partial charge in [-0.15, -0.1) is 0 Å². The topological polar surface area (TPSA) is 116 Å². The van der Waals surface area contributed by atoms with Crippen molar-refractivity contribution in [1.82, 2.24) is 15.0 Å². The van der Waals surface area contributed by atoms with Crippen LogP contribution >= 0.6 is 11.6 Å². The maximum atomic E-state index is 6.72. The highest BCUT2D eigenvalue weighted by Crippen LogP contribution is 2.50. The van der Waals surface area contributed by atoms with E-state index in [9.17, 15) is 0 Å². The summed E-state index contributed by atoms with van der Waals surface area (Å²) >= 11 is 6.20. The number of hydrogen-bond acceptors (Lipinski definition) is 8. The van der Waals surface area contributed by atoms with Crippen molar-refractivity contribution < 1.29 is 4.74 Å². The number of hydrogen-bond donors (Lipinski definition) is 2. The number of anilines is 2. The van der Waals surface area contributed by atoms with Crippen molar-refractivity contribution in [3.63, 3.8) is 0 Å². The Morgan fingerprint density at radius 1 is 1.12 bits per heavy atom. The molecule has 2 aromatic heterocycles. The molecule has 1 unspecified atom stereocenters. The monoisotopic (exact) mass is 461 g/mol. The fourth-order valence-corrected chi connectivity index (χ4v) is 5.42. The van der Waals surface area contributed by atoms with Crippen molar-refractivity contribution in [2.24, 2.45) is 16.1 Å². The summed E-state index contributed by atoms with van der Waals surface area (Å²) in [5.74, 6) is 1.87. The Morgan fingerprint density at radius 2 is 1.94 bits per heavy atom. The first-order valence-electron chi connectivity index (χ1n) is 11.1. The second-order valence-electron chi connectivity index (χ2n) is 8.96. The number of nitrogen functional groups attached to an aromatic ring is 1. The predicted octanol–water partition coefficient (Wildman–Crippen LogP) is 3.29. The molecule has 0 saturated carbocycles. The number of nitrogens with zero attached hydrogens (tertiary/aromatic N) is 5. The number of aliphatic imine (C=N–C) groups is 1. The van der Waals surface area contributed by atoms with Crippen LogP contribution in [0.15, 0.2) is 47.7 Å². The predicted molar refractivity (Wildman–Crippen MR) is 128 cm³/mol. The number of piperidine rings is 1. The molecule has 0 radical (unpaired) electrons. The number of nitrogens with two attached hydrogens (primary N) is 2.